The number of aromatic nitrogens is 2. The van der Waals surface area contributed by atoms with Gasteiger partial charge >= 0.3 is 5.97 Å². The van der Waals surface area contributed by atoms with Gasteiger partial charge in [0.2, 0.25) is 29.5 Å². The van der Waals surface area contributed by atoms with E-state index in [1.54, 1.807) is 0 Å². The summed E-state index contributed by atoms with van der Waals surface area (Å²) in [6, 6.07) is 0.0371. The molecule has 16 nitrogen and oxygen atoms in total. The molecule has 40 heavy (non-hydrogen) atoms. The summed E-state index contributed by atoms with van der Waals surface area (Å²) < 4.78 is 0. The maximum atomic E-state index is 13.1. The van der Waals surface area contributed by atoms with Crippen molar-refractivity contribution in [3.8, 4) is 5.75 Å². The lowest BCUT2D eigenvalue weighted by molar-refractivity contribution is -0.142. The molecule has 5 amide bonds. The van der Waals surface area contributed by atoms with Gasteiger partial charge in [-0.15, -0.1) is 0 Å². The van der Waals surface area contributed by atoms with Crippen LogP contribution in [-0.2, 0) is 41.6 Å². The number of carbonyl (C=O) groups excluding carboxylic acids is 5. The van der Waals surface area contributed by atoms with E-state index in [1.807, 2.05) is 0 Å². The summed E-state index contributed by atoms with van der Waals surface area (Å²) in [7, 11) is 0. The number of hydrogen-bond acceptors (Lipinski definition) is 9. The predicted octanol–water partition coefficient (Wildman–Crippen LogP) is -3.09. The number of primary amides is 2. The Morgan fingerprint density at radius 2 is 1.45 bits per heavy atom. The minimum absolute atomic E-state index is 0.0378. The number of nitrogens with two attached hydrogens (primary N) is 3. The van der Waals surface area contributed by atoms with Gasteiger partial charge in [-0.25, -0.2) is 9.78 Å². The number of phenols is 1. The Balaban J connectivity index is 2.15. The van der Waals surface area contributed by atoms with Gasteiger partial charge in [-0.1, -0.05) is 12.1 Å². The lowest BCUT2D eigenvalue weighted by Crippen LogP contribution is -2.58. The Bertz CT molecular complexity index is 1200. The number of amides is 5. The van der Waals surface area contributed by atoms with E-state index in [0.717, 1.165) is 0 Å². The first-order valence-corrected chi connectivity index (χ1v) is 12.1. The van der Waals surface area contributed by atoms with Gasteiger partial charge in [0.05, 0.1) is 18.8 Å². The fourth-order valence-corrected chi connectivity index (χ4v) is 3.58. The van der Waals surface area contributed by atoms with E-state index in [-0.39, 0.29) is 31.4 Å². The number of phenolic OH excluding ortho intramolecular Hbond substituents is 1. The van der Waals surface area contributed by atoms with Crippen LogP contribution in [0.25, 0.3) is 0 Å². The number of hydrogen-bond donors (Lipinski definition) is 9. The van der Waals surface area contributed by atoms with E-state index in [2.05, 4.69) is 25.9 Å². The fraction of sp³-hybridized carbons (Fsp3) is 0.375. The van der Waals surface area contributed by atoms with Gasteiger partial charge < -0.3 is 48.3 Å². The van der Waals surface area contributed by atoms with Crippen LogP contribution in [0.5, 0.6) is 5.75 Å². The summed E-state index contributed by atoms with van der Waals surface area (Å²) in [5.74, 6) is -5.93. The molecular weight excluding hydrogens is 528 g/mol. The molecule has 16 heteroatoms. The first-order valence-electron chi connectivity index (χ1n) is 12.1. The zero-order valence-electron chi connectivity index (χ0n) is 21.3. The molecular formula is C24H32N8O8. The molecule has 0 aliphatic carbocycles. The van der Waals surface area contributed by atoms with Crippen LogP contribution in [0.4, 0.5) is 0 Å². The quantitative estimate of drug-likeness (QED) is 0.0996. The topological polar surface area (TPSA) is 286 Å². The first-order chi connectivity index (χ1) is 18.8. The third-order valence-electron chi connectivity index (χ3n) is 5.67. The summed E-state index contributed by atoms with van der Waals surface area (Å²) in [5, 5.41) is 25.9. The molecule has 0 saturated carbocycles. The summed E-state index contributed by atoms with van der Waals surface area (Å²) in [6.45, 7) is 0. The van der Waals surface area contributed by atoms with Gasteiger partial charge in [0.1, 0.15) is 23.9 Å². The number of imidazole rings is 1. The van der Waals surface area contributed by atoms with Crippen molar-refractivity contribution < 1.29 is 39.0 Å². The van der Waals surface area contributed by atoms with Crippen LogP contribution >= 0.6 is 0 Å². The Hall–Kier alpha value is -4.99. The molecule has 0 bridgehead atoms. The maximum Gasteiger partial charge on any atom is 0.326 e. The average molecular weight is 561 g/mol. The highest BCUT2D eigenvalue weighted by atomic mass is 16.4. The SMILES string of the molecule is NC(=O)CCC(NC(=O)C(N)Cc1cnc[nH]1)C(=O)NC(CC(N)=O)C(=O)NC(Cc1ccc(O)cc1)C(=O)O. The highest BCUT2D eigenvalue weighted by Crippen LogP contribution is 2.12. The second-order valence-corrected chi connectivity index (χ2v) is 8.96. The highest BCUT2D eigenvalue weighted by molar-refractivity contribution is 5.96. The number of benzene rings is 1. The summed E-state index contributed by atoms with van der Waals surface area (Å²) in [4.78, 5) is 80.0. The highest BCUT2D eigenvalue weighted by Gasteiger charge is 2.31. The predicted molar refractivity (Wildman–Crippen MR) is 138 cm³/mol. The Morgan fingerprint density at radius 3 is 2.00 bits per heavy atom. The number of carboxylic acid groups (broad SMARTS) is 1. The van der Waals surface area contributed by atoms with Crippen molar-refractivity contribution in [1.82, 2.24) is 25.9 Å². The first kappa shape index (κ1) is 31.2. The van der Waals surface area contributed by atoms with Crippen molar-refractivity contribution in [2.45, 2.75) is 56.3 Å². The Kier molecular flexibility index (Phi) is 11.6. The normalized spacial score (nSPS) is 13.7. The molecule has 12 N–H and O–H groups in total. The lowest BCUT2D eigenvalue weighted by Gasteiger charge is -2.24. The Morgan fingerprint density at radius 1 is 0.850 bits per heavy atom. The molecule has 4 unspecified atom stereocenters. The summed E-state index contributed by atoms with van der Waals surface area (Å²) >= 11 is 0. The smallest absolute Gasteiger partial charge is 0.326 e. The van der Waals surface area contributed by atoms with Crippen molar-refractivity contribution in [3.63, 3.8) is 0 Å². The van der Waals surface area contributed by atoms with Crippen LogP contribution in [0, 0.1) is 0 Å². The van der Waals surface area contributed by atoms with Crippen LogP contribution in [0.2, 0.25) is 0 Å². The van der Waals surface area contributed by atoms with Gasteiger partial charge in [0, 0.05) is 31.2 Å². The van der Waals surface area contributed by atoms with Crippen molar-refractivity contribution in [1.29, 1.82) is 0 Å². The number of nitrogens with one attached hydrogen (secondary N) is 4. The van der Waals surface area contributed by atoms with Crippen molar-refractivity contribution in [3.05, 3.63) is 48.0 Å². The number of nitrogens with zero attached hydrogens (tertiary/aromatic N) is 1. The van der Waals surface area contributed by atoms with Crippen molar-refractivity contribution in [2.75, 3.05) is 0 Å². The number of aromatic amines is 1. The third kappa shape index (κ3) is 10.4. The lowest BCUT2D eigenvalue weighted by atomic mass is 10.0. The summed E-state index contributed by atoms with van der Waals surface area (Å²) in [6.07, 6.45) is 1.47. The molecule has 4 atom stereocenters. The van der Waals surface area contributed by atoms with Gasteiger partial charge in [0.25, 0.3) is 0 Å². The number of aliphatic carboxylic acids is 1. The van der Waals surface area contributed by atoms with Crippen molar-refractivity contribution in [2.24, 2.45) is 17.2 Å². The molecule has 0 aliphatic rings. The second-order valence-electron chi connectivity index (χ2n) is 8.96. The Labute approximate surface area is 228 Å². The molecule has 2 rings (SSSR count). The van der Waals surface area contributed by atoms with Crippen LogP contribution < -0.4 is 33.2 Å². The van der Waals surface area contributed by atoms with E-state index in [9.17, 15) is 39.0 Å². The molecule has 0 radical (unpaired) electrons. The molecule has 2 aromatic rings. The van der Waals surface area contributed by atoms with E-state index in [4.69, 9.17) is 17.2 Å². The van der Waals surface area contributed by atoms with Gasteiger partial charge in [-0.3, -0.25) is 24.0 Å². The number of carboxylic acids is 1. The van der Waals surface area contributed by atoms with Crippen LogP contribution in [0.3, 0.4) is 0 Å². The molecule has 0 spiro atoms. The van der Waals surface area contributed by atoms with Crippen LogP contribution in [-0.4, -0.2) is 79.9 Å². The zero-order valence-corrected chi connectivity index (χ0v) is 21.3. The number of rotatable bonds is 16. The number of H-pyrrole nitrogens is 1. The van der Waals surface area contributed by atoms with Crippen molar-refractivity contribution >= 4 is 35.5 Å². The fourth-order valence-electron chi connectivity index (χ4n) is 3.58. The van der Waals surface area contributed by atoms with Gasteiger partial charge in [0.15, 0.2) is 0 Å². The third-order valence-corrected chi connectivity index (χ3v) is 5.67. The van der Waals surface area contributed by atoms with E-state index in [1.165, 1.54) is 36.8 Å². The largest absolute Gasteiger partial charge is 0.508 e. The van der Waals surface area contributed by atoms with E-state index < -0.39 is 66.1 Å². The molecule has 0 aliphatic heterocycles. The van der Waals surface area contributed by atoms with Crippen LogP contribution in [0.15, 0.2) is 36.8 Å². The minimum Gasteiger partial charge on any atom is -0.508 e. The number of carbonyl (C=O) groups is 6. The summed E-state index contributed by atoms with van der Waals surface area (Å²) in [5.41, 5.74) is 17.3. The zero-order chi connectivity index (χ0) is 29.8. The maximum absolute atomic E-state index is 13.1. The average Bonchev–Trinajstić information content (AvgIpc) is 3.39. The standard InChI is InChI=1S/C24H32N8O8/c25-15(8-13-10-28-11-29-13)21(36)30-16(5-6-19(26)34)22(37)31-17(9-20(27)35)23(38)32-18(24(39)40)7-12-1-3-14(33)4-2-12/h1-4,10-11,15-18,33H,5-9,25H2,(H2,26,34)(H2,27,35)(H,28,29)(H,30,36)(H,31,37)(H,32,38)(H,39,40). The molecule has 1 heterocycles. The molecule has 1 aromatic heterocycles. The van der Waals surface area contributed by atoms with Crippen LogP contribution in [0.1, 0.15) is 30.5 Å². The van der Waals surface area contributed by atoms with Gasteiger partial charge in [-0.05, 0) is 24.1 Å². The van der Waals surface area contributed by atoms with E-state index >= 15 is 0 Å². The molecule has 216 valence electrons. The van der Waals surface area contributed by atoms with Gasteiger partial charge in [-0.2, -0.15) is 0 Å². The second kappa shape index (κ2) is 14.8. The van der Waals surface area contributed by atoms with E-state index in [0.29, 0.717) is 11.3 Å². The molecule has 1 aromatic carbocycles. The monoisotopic (exact) mass is 560 g/mol. The molecule has 0 saturated heterocycles. The molecule has 0 fully saturated rings. The minimum atomic E-state index is -1.61. The number of aromatic hydroxyl groups is 1.